The average Bonchev–Trinajstić information content (AvgIpc) is 2.12. The van der Waals surface area contributed by atoms with Crippen LogP contribution in [0.5, 0.6) is 5.75 Å². The fraction of sp³-hybridized carbons (Fsp3) is 0.100. The summed E-state index contributed by atoms with van der Waals surface area (Å²) in [6.45, 7) is 0. The van der Waals surface area contributed by atoms with E-state index in [1.165, 1.54) is 12.1 Å². The first-order chi connectivity index (χ1) is 6.65. The summed E-state index contributed by atoms with van der Waals surface area (Å²) in [6, 6.07) is 3.74. The van der Waals surface area contributed by atoms with Crippen LogP contribution in [0, 0.1) is 18.2 Å². The number of benzene rings is 1. The minimum atomic E-state index is -0.699. The maximum Gasteiger partial charge on any atom is 0.236 e. The van der Waals surface area contributed by atoms with Gasteiger partial charge in [-0.15, -0.1) is 6.42 Å². The third kappa shape index (κ3) is 2.23. The zero-order chi connectivity index (χ0) is 10.6. The molecule has 2 N–H and O–H groups in total. The van der Waals surface area contributed by atoms with Crippen LogP contribution in [0.4, 0.5) is 10.1 Å². The summed E-state index contributed by atoms with van der Waals surface area (Å²) in [4.78, 5) is 11.0. The van der Waals surface area contributed by atoms with Crippen LogP contribution in [0.15, 0.2) is 18.2 Å². The van der Waals surface area contributed by atoms with Gasteiger partial charge in [-0.05, 0) is 12.1 Å². The lowest BCUT2D eigenvalue weighted by Gasteiger charge is -2.06. The van der Waals surface area contributed by atoms with Crippen molar-refractivity contribution in [1.82, 2.24) is 0 Å². The van der Waals surface area contributed by atoms with Crippen LogP contribution in [-0.2, 0) is 4.79 Å². The molecule has 1 aromatic rings. The first-order valence-electron chi connectivity index (χ1n) is 3.86. The summed E-state index contributed by atoms with van der Waals surface area (Å²) in [7, 11) is 0. The largest absolute Gasteiger partial charge is 0.506 e. The molecule has 72 valence electrons. The molecule has 0 aliphatic carbocycles. The number of terminal acetylenes is 1. The Kier molecular flexibility index (Phi) is 3.08. The highest BCUT2D eigenvalue weighted by Gasteiger charge is 2.09. The first kappa shape index (κ1) is 10.1. The number of hydrogen-bond acceptors (Lipinski definition) is 2. The molecule has 1 rings (SSSR count). The Labute approximate surface area is 80.6 Å². The normalized spacial score (nSPS) is 9.14. The van der Waals surface area contributed by atoms with Crippen LogP contribution >= 0.6 is 0 Å². The van der Waals surface area contributed by atoms with Crippen molar-refractivity contribution in [3.05, 3.63) is 24.0 Å². The predicted octanol–water partition coefficient (Wildman–Crippen LogP) is 1.49. The highest BCUT2D eigenvalue weighted by Crippen LogP contribution is 2.25. The van der Waals surface area contributed by atoms with E-state index in [4.69, 9.17) is 6.42 Å². The van der Waals surface area contributed by atoms with Gasteiger partial charge in [-0.3, -0.25) is 4.79 Å². The van der Waals surface area contributed by atoms with E-state index in [1.54, 1.807) is 0 Å². The number of halogens is 1. The highest BCUT2D eigenvalue weighted by molar-refractivity contribution is 5.93. The molecular formula is C10H8FNO2. The number of phenols is 1. The van der Waals surface area contributed by atoms with Crippen molar-refractivity contribution in [1.29, 1.82) is 0 Å². The number of rotatable bonds is 2. The lowest BCUT2D eigenvalue weighted by atomic mass is 10.2. The average molecular weight is 193 g/mol. The zero-order valence-electron chi connectivity index (χ0n) is 7.25. The second-order valence-electron chi connectivity index (χ2n) is 2.56. The van der Waals surface area contributed by atoms with Gasteiger partial charge in [-0.2, -0.15) is 0 Å². The van der Waals surface area contributed by atoms with Crippen molar-refractivity contribution < 1.29 is 14.3 Å². The van der Waals surface area contributed by atoms with Crippen LogP contribution in [0.3, 0.4) is 0 Å². The van der Waals surface area contributed by atoms with Crippen molar-refractivity contribution >= 4 is 11.6 Å². The molecule has 1 amide bonds. The first-order valence-corrected chi connectivity index (χ1v) is 3.86. The summed E-state index contributed by atoms with van der Waals surface area (Å²) < 4.78 is 13.0. The molecule has 0 aliphatic heterocycles. The Hall–Kier alpha value is -2.02. The molecule has 0 saturated carbocycles. The number of nitrogens with one attached hydrogen (secondary N) is 1. The van der Waals surface area contributed by atoms with E-state index < -0.39 is 11.7 Å². The number of hydrogen-bond donors (Lipinski definition) is 2. The predicted molar refractivity (Wildman–Crippen MR) is 50.1 cm³/mol. The fourth-order valence-electron chi connectivity index (χ4n) is 0.913. The Balaban J connectivity index is 2.87. The molecule has 4 heteroatoms. The van der Waals surface area contributed by atoms with Gasteiger partial charge in [0.2, 0.25) is 5.91 Å². The fourth-order valence-corrected chi connectivity index (χ4v) is 0.913. The molecule has 0 aliphatic rings. The molecule has 14 heavy (non-hydrogen) atoms. The topological polar surface area (TPSA) is 49.3 Å². The number of phenolic OH excluding ortho intramolecular Hbond substituents is 1. The zero-order valence-corrected chi connectivity index (χ0v) is 7.25. The SMILES string of the molecule is C#CCC(=O)Nc1c(O)cccc1F. The van der Waals surface area contributed by atoms with E-state index >= 15 is 0 Å². The Bertz CT molecular complexity index is 375. The van der Waals surface area contributed by atoms with E-state index in [9.17, 15) is 14.3 Å². The van der Waals surface area contributed by atoms with Crippen LogP contribution < -0.4 is 5.32 Å². The van der Waals surface area contributed by atoms with E-state index in [0.29, 0.717) is 0 Å². The number of amides is 1. The van der Waals surface area contributed by atoms with Gasteiger partial charge in [-0.25, -0.2) is 4.39 Å². The molecule has 3 nitrogen and oxygen atoms in total. The summed E-state index contributed by atoms with van der Waals surface area (Å²) in [6.07, 6.45) is 4.73. The molecule has 0 aromatic heterocycles. The van der Waals surface area contributed by atoms with Gasteiger partial charge >= 0.3 is 0 Å². The van der Waals surface area contributed by atoms with Gasteiger partial charge in [0.15, 0.2) is 5.82 Å². The number of para-hydroxylation sites is 1. The standard InChI is InChI=1S/C10H8FNO2/c1-2-4-9(14)12-10-7(11)5-3-6-8(10)13/h1,3,5-6,13H,4H2,(H,12,14). The third-order valence-corrected chi connectivity index (χ3v) is 1.52. The van der Waals surface area contributed by atoms with Crippen LogP contribution in [-0.4, -0.2) is 11.0 Å². The second kappa shape index (κ2) is 4.28. The van der Waals surface area contributed by atoms with Gasteiger partial charge in [0.05, 0.1) is 6.42 Å². The lowest BCUT2D eigenvalue weighted by Crippen LogP contribution is -2.11. The number of carbonyl (C=O) groups excluding carboxylic acids is 1. The molecule has 0 radical (unpaired) electrons. The molecule has 1 aromatic carbocycles. The Morgan fingerprint density at radius 1 is 1.64 bits per heavy atom. The number of carbonyl (C=O) groups is 1. The third-order valence-electron chi connectivity index (χ3n) is 1.52. The van der Waals surface area contributed by atoms with Gasteiger partial charge in [0, 0.05) is 0 Å². The van der Waals surface area contributed by atoms with Gasteiger partial charge < -0.3 is 10.4 Å². The van der Waals surface area contributed by atoms with E-state index in [2.05, 4.69) is 11.2 Å². The van der Waals surface area contributed by atoms with E-state index in [1.807, 2.05) is 0 Å². The smallest absolute Gasteiger partial charge is 0.236 e. The molecule has 0 unspecified atom stereocenters. The summed E-state index contributed by atoms with van der Waals surface area (Å²) in [5, 5.41) is 11.4. The van der Waals surface area contributed by atoms with Crippen molar-refractivity contribution in [3.8, 4) is 18.1 Å². The lowest BCUT2D eigenvalue weighted by molar-refractivity contribution is -0.115. The number of anilines is 1. The summed E-state index contributed by atoms with van der Waals surface area (Å²) >= 11 is 0. The minimum Gasteiger partial charge on any atom is -0.506 e. The molecule has 0 atom stereocenters. The minimum absolute atomic E-state index is 0.159. The van der Waals surface area contributed by atoms with Gasteiger partial charge in [-0.1, -0.05) is 12.0 Å². The van der Waals surface area contributed by atoms with Crippen molar-refractivity contribution in [2.24, 2.45) is 0 Å². The van der Waals surface area contributed by atoms with Gasteiger partial charge in [0.1, 0.15) is 11.4 Å². The van der Waals surface area contributed by atoms with Crippen LogP contribution in [0.2, 0.25) is 0 Å². The van der Waals surface area contributed by atoms with E-state index in [0.717, 1.165) is 6.07 Å². The molecule has 0 bridgehead atoms. The Morgan fingerprint density at radius 2 is 2.36 bits per heavy atom. The van der Waals surface area contributed by atoms with E-state index in [-0.39, 0.29) is 17.9 Å². The van der Waals surface area contributed by atoms with Crippen LogP contribution in [0.1, 0.15) is 6.42 Å². The molecule has 0 spiro atoms. The maximum atomic E-state index is 13.0. The summed E-state index contributed by atoms with van der Waals surface area (Å²) in [5.74, 6) is 0.554. The molecular weight excluding hydrogens is 185 g/mol. The Morgan fingerprint density at radius 3 is 2.93 bits per heavy atom. The number of aromatic hydroxyl groups is 1. The molecule has 0 heterocycles. The molecule has 0 fully saturated rings. The quantitative estimate of drug-likeness (QED) is 0.552. The van der Waals surface area contributed by atoms with Crippen molar-refractivity contribution in [2.75, 3.05) is 5.32 Å². The maximum absolute atomic E-state index is 13.0. The van der Waals surface area contributed by atoms with Crippen LogP contribution in [0.25, 0.3) is 0 Å². The molecule has 0 saturated heterocycles. The monoisotopic (exact) mass is 193 g/mol. The second-order valence-corrected chi connectivity index (χ2v) is 2.56. The van der Waals surface area contributed by atoms with Gasteiger partial charge in [0.25, 0.3) is 0 Å². The summed E-state index contributed by atoms with van der Waals surface area (Å²) in [5.41, 5.74) is -0.243. The van der Waals surface area contributed by atoms with Crippen molar-refractivity contribution in [2.45, 2.75) is 6.42 Å². The van der Waals surface area contributed by atoms with Crippen molar-refractivity contribution in [3.63, 3.8) is 0 Å². The highest BCUT2D eigenvalue weighted by atomic mass is 19.1.